The molecule has 4 rings (SSSR count). The third-order valence-corrected chi connectivity index (χ3v) is 4.83. The summed E-state index contributed by atoms with van der Waals surface area (Å²) in [6.07, 6.45) is 1.04. The Hall–Kier alpha value is -2.09. The topological polar surface area (TPSA) is 0 Å². The van der Waals surface area contributed by atoms with Gasteiger partial charge in [0.05, 0.1) is 14.1 Å². The van der Waals surface area contributed by atoms with Gasteiger partial charge in [0.1, 0.15) is 11.4 Å². The molecule has 0 aromatic heterocycles. The molecule has 0 N–H and O–H groups in total. The van der Waals surface area contributed by atoms with Crippen molar-refractivity contribution in [1.82, 2.24) is 4.48 Å². The molecular weight excluding hydrogens is 302 g/mol. The van der Waals surface area contributed by atoms with Gasteiger partial charge in [-0.25, -0.2) is 0 Å². The molecule has 0 saturated carbocycles. The highest BCUT2D eigenvalue weighted by molar-refractivity contribution is 5.82. The van der Waals surface area contributed by atoms with Crippen LogP contribution in [0.1, 0.15) is 11.1 Å². The first kappa shape index (κ1) is 15.8. The molecule has 0 aliphatic heterocycles. The molecule has 23 heavy (non-hydrogen) atoms. The van der Waals surface area contributed by atoms with Crippen molar-refractivity contribution in [3.63, 3.8) is 0 Å². The van der Waals surface area contributed by atoms with E-state index in [9.17, 15) is 0 Å². The molecule has 0 amide bonds. The third-order valence-electron chi connectivity index (χ3n) is 4.83. The van der Waals surface area contributed by atoms with E-state index in [1.165, 1.54) is 33.6 Å². The van der Waals surface area contributed by atoms with E-state index in [1.54, 1.807) is 0 Å². The molecule has 0 bridgehead atoms. The van der Waals surface area contributed by atoms with Gasteiger partial charge in [0.2, 0.25) is 0 Å². The monoisotopic (exact) mass is 321 g/mol. The third kappa shape index (κ3) is 2.46. The molecular formula is C21H20ClN. The maximum atomic E-state index is 2.28. The number of quaternary nitrogens is 1. The van der Waals surface area contributed by atoms with Crippen LogP contribution in [-0.2, 0) is 6.42 Å². The quantitative estimate of drug-likeness (QED) is 0.496. The number of para-hydroxylation sites is 1. The van der Waals surface area contributed by atoms with E-state index in [-0.39, 0.29) is 12.4 Å². The van der Waals surface area contributed by atoms with Gasteiger partial charge in [-0.3, -0.25) is 4.48 Å². The van der Waals surface area contributed by atoms with Crippen LogP contribution in [0.2, 0.25) is 0 Å². The van der Waals surface area contributed by atoms with Gasteiger partial charge < -0.3 is 12.4 Å². The van der Waals surface area contributed by atoms with Gasteiger partial charge in [0, 0.05) is 12.0 Å². The fraction of sp³-hybridized carbons (Fsp3) is 0.143. The first-order valence-electron chi connectivity index (χ1n) is 7.78. The Morgan fingerprint density at radius 3 is 2.13 bits per heavy atom. The number of hydrogen-bond donors (Lipinski definition) is 0. The van der Waals surface area contributed by atoms with Crippen LogP contribution in [0.5, 0.6) is 0 Å². The summed E-state index contributed by atoms with van der Waals surface area (Å²) in [6, 6.07) is 26.2. The molecule has 0 heterocycles. The van der Waals surface area contributed by atoms with E-state index in [2.05, 4.69) is 86.9 Å². The number of benzene rings is 3. The van der Waals surface area contributed by atoms with E-state index >= 15 is 0 Å². The van der Waals surface area contributed by atoms with E-state index in [0.717, 1.165) is 10.9 Å². The lowest BCUT2D eigenvalue weighted by Gasteiger charge is -2.30. The molecule has 2 heteroatoms. The summed E-state index contributed by atoms with van der Waals surface area (Å²) in [5, 5.41) is 0. The Kier molecular flexibility index (Phi) is 4.01. The summed E-state index contributed by atoms with van der Waals surface area (Å²) in [5.74, 6) is 0. The Labute approximate surface area is 144 Å². The van der Waals surface area contributed by atoms with E-state index < -0.39 is 0 Å². The predicted molar refractivity (Wildman–Crippen MR) is 94.4 cm³/mol. The lowest BCUT2D eigenvalue weighted by Crippen LogP contribution is -3.00. The van der Waals surface area contributed by atoms with Gasteiger partial charge >= 0.3 is 0 Å². The fourth-order valence-corrected chi connectivity index (χ4v) is 3.60. The van der Waals surface area contributed by atoms with Crippen molar-refractivity contribution in [3.05, 3.63) is 83.9 Å². The average Bonchev–Trinajstić information content (AvgIpc) is 2.94. The number of hydrogen-bond acceptors (Lipinski definition) is 0. The minimum atomic E-state index is 0. The minimum absolute atomic E-state index is 0. The Morgan fingerprint density at radius 2 is 1.35 bits per heavy atom. The molecule has 0 unspecified atom stereocenters. The largest absolute Gasteiger partial charge is 1.00 e. The molecule has 3 aromatic rings. The van der Waals surface area contributed by atoms with Crippen molar-refractivity contribution >= 4 is 11.4 Å². The summed E-state index contributed by atoms with van der Waals surface area (Å²) >= 11 is 0. The summed E-state index contributed by atoms with van der Waals surface area (Å²) in [6.45, 7) is 0. The number of rotatable bonds is 2. The zero-order valence-corrected chi connectivity index (χ0v) is 14.2. The number of fused-ring (bicyclic) bond motifs is 3. The highest BCUT2D eigenvalue weighted by atomic mass is 35.5. The van der Waals surface area contributed by atoms with Crippen molar-refractivity contribution in [1.29, 1.82) is 0 Å². The summed E-state index contributed by atoms with van der Waals surface area (Å²) in [4.78, 5) is 0. The van der Waals surface area contributed by atoms with Gasteiger partial charge in [0.25, 0.3) is 0 Å². The van der Waals surface area contributed by atoms with Crippen LogP contribution in [0.15, 0.2) is 72.8 Å². The average molecular weight is 322 g/mol. The van der Waals surface area contributed by atoms with Crippen molar-refractivity contribution < 1.29 is 12.4 Å². The first-order valence-corrected chi connectivity index (χ1v) is 7.78. The molecule has 0 saturated heterocycles. The minimum Gasteiger partial charge on any atom is -1.00 e. The van der Waals surface area contributed by atoms with Crippen LogP contribution in [0.3, 0.4) is 0 Å². The maximum Gasteiger partial charge on any atom is 0.141 e. The molecule has 1 aliphatic carbocycles. The second-order valence-electron chi connectivity index (χ2n) is 6.43. The molecule has 0 atom stereocenters. The Balaban J connectivity index is 0.00000156. The molecule has 116 valence electrons. The second kappa shape index (κ2) is 5.84. The summed E-state index contributed by atoms with van der Waals surface area (Å²) in [7, 11) is 4.54. The zero-order chi connectivity index (χ0) is 15.2. The number of halogens is 1. The molecule has 1 aliphatic rings. The lowest BCUT2D eigenvalue weighted by atomic mass is 10.0. The molecule has 3 aromatic carbocycles. The van der Waals surface area contributed by atoms with Crippen LogP contribution >= 0.6 is 0 Å². The fourth-order valence-electron chi connectivity index (χ4n) is 3.60. The van der Waals surface area contributed by atoms with Gasteiger partial charge in [-0.2, -0.15) is 0 Å². The molecule has 0 fully saturated rings. The van der Waals surface area contributed by atoms with Crippen LogP contribution in [0.4, 0.5) is 11.4 Å². The first-order chi connectivity index (χ1) is 10.7. The lowest BCUT2D eigenvalue weighted by molar-refractivity contribution is -0.00000436. The predicted octanol–water partition coefficient (Wildman–Crippen LogP) is 2.16. The van der Waals surface area contributed by atoms with E-state index in [1.807, 2.05) is 0 Å². The zero-order valence-electron chi connectivity index (χ0n) is 13.5. The normalized spacial score (nSPS) is 12.3. The SMILES string of the molecule is C[N+](C)(c1ccccc1)c1cccc2c1Cc1ccccc1-2.[Cl-]. The van der Waals surface area contributed by atoms with Crippen molar-refractivity contribution in [2.24, 2.45) is 0 Å². The smallest absolute Gasteiger partial charge is 0.141 e. The van der Waals surface area contributed by atoms with Gasteiger partial charge in [0.15, 0.2) is 0 Å². The standard InChI is InChI=1S/C21H20N.ClH/c1-22(2,17-10-4-3-5-11-17)21-14-8-13-19-18-12-7-6-9-16(18)15-20(19)21;/h3-14H,15H2,1-2H3;1H/q+1;/p-1. The maximum absolute atomic E-state index is 2.28. The molecule has 1 nitrogen and oxygen atoms in total. The van der Waals surface area contributed by atoms with Crippen molar-refractivity contribution in [2.45, 2.75) is 6.42 Å². The molecule has 0 spiro atoms. The van der Waals surface area contributed by atoms with Crippen LogP contribution < -0.4 is 16.9 Å². The van der Waals surface area contributed by atoms with E-state index in [4.69, 9.17) is 0 Å². The van der Waals surface area contributed by atoms with E-state index in [0.29, 0.717) is 0 Å². The van der Waals surface area contributed by atoms with Crippen molar-refractivity contribution in [2.75, 3.05) is 14.1 Å². The molecule has 0 radical (unpaired) electrons. The highest BCUT2D eigenvalue weighted by Crippen LogP contribution is 2.44. The van der Waals surface area contributed by atoms with Gasteiger partial charge in [-0.05, 0) is 34.9 Å². The summed E-state index contributed by atoms with van der Waals surface area (Å²) < 4.78 is 0.776. The van der Waals surface area contributed by atoms with Crippen LogP contribution in [0, 0.1) is 0 Å². The van der Waals surface area contributed by atoms with Crippen molar-refractivity contribution in [3.8, 4) is 11.1 Å². The Morgan fingerprint density at radius 1 is 0.696 bits per heavy atom. The van der Waals surface area contributed by atoms with Gasteiger partial charge in [-0.1, -0.05) is 54.6 Å². The van der Waals surface area contributed by atoms with Crippen LogP contribution in [0.25, 0.3) is 11.1 Å². The highest BCUT2D eigenvalue weighted by Gasteiger charge is 2.30. The second-order valence-corrected chi connectivity index (χ2v) is 6.43. The van der Waals surface area contributed by atoms with Gasteiger partial charge in [-0.15, -0.1) is 0 Å². The summed E-state index contributed by atoms with van der Waals surface area (Å²) in [5.41, 5.74) is 8.41. The number of nitrogens with zero attached hydrogens (tertiary/aromatic N) is 1. The Bertz CT molecular complexity index is 837. The van der Waals surface area contributed by atoms with Crippen LogP contribution in [-0.4, -0.2) is 14.1 Å².